The summed E-state index contributed by atoms with van der Waals surface area (Å²) >= 11 is 0. The van der Waals surface area contributed by atoms with Crippen LogP contribution in [-0.2, 0) is 19.5 Å². The van der Waals surface area contributed by atoms with Gasteiger partial charge in [0.1, 0.15) is 0 Å². The second-order valence-corrected chi connectivity index (χ2v) is 8.74. The van der Waals surface area contributed by atoms with Gasteiger partial charge in [0.15, 0.2) is 0 Å². The molecular weight excluding hydrogens is 426 g/mol. The number of rotatable bonds is 5. The van der Waals surface area contributed by atoms with E-state index in [1.54, 1.807) is 12.1 Å². The summed E-state index contributed by atoms with van der Waals surface area (Å²) in [6, 6.07) is 23.0. The smallest absolute Gasteiger partial charge is 0.317 e. The summed E-state index contributed by atoms with van der Waals surface area (Å²) in [5, 5.41) is 3.18. The Morgan fingerprint density at radius 2 is 1.53 bits per heavy atom. The molecule has 1 aliphatic rings. The predicted molar refractivity (Wildman–Crippen MR) is 133 cm³/mol. The number of benzene rings is 3. The molecule has 172 valence electrons. The Morgan fingerprint density at radius 1 is 0.882 bits per heavy atom. The van der Waals surface area contributed by atoms with E-state index in [2.05, 4.69) is 17.4 Å². The highest BCUT2D eigenvalue weighted by molar-refractivity contribution is 5.94. The topological polar surface area (TPSA) is 73.1 Å². The third-order valence-electron chi connectivity index (χ3n) is 6.68. The zero-order valence-corrected chi connectivity index (χ0v) is 19.2. The van der Waals surface area contributed by atoms with Crippen LogP contribution in [0.1, 0.15) is 52.9 Å². The van der Waals surface area contributed by atoms with E-state index in [4.69, 9.17) is 0 Å². The lowest BCUT2D eigenvalue weighted by Gasteiger charge is -2.26. The molecule has 1 aromatic heterocycles. The maximum Gasteiger partial charge on any atom is 0.317 e. The molecule has 3 aromatic carbocycles. The molecule has 1 atom stereocenters. The van der Waals surface area contributed by atoms with Gasteiger partial charge in [-0.25, -0.2) is 0 Å². The van der Waals surface area contributed by atoms with E-state index in [-0.39, 0.29) is 18.5 Å². The van der Waals surface area contributed by atoms with Gasteiger partial charge >= 0.3 is 11.1 Å². The molecule has 1 N–H and O–H groups in total. The number of amides is 1. The van der Waals surface area contributed by atoms with Crippen molar-refractivity contribution in [1.82, 2.24) is 14.5 Å². The standard InChI is InChI=1S/C28H27N3O3/c1-2-30-24-12-5-6-13-25(24)31(28(34)27(30)33)18-19-14-16-21(17-15-19)26(32)29-23-11-7-9-20-8-3-4-10-22(20)23/h3-6,8,10,12-17,23H,2,7,9,11,18H2,1H3,(H,29,32)/t23-/m1/s1. The van der Waals surface area contributed by atoms with Crippen molar-refractivity contribution in [2.45, 2.75) is 45.3 Å². The van der Waals surface area contributed by atoms with Crippen LogP contribution in [0.2, 0.25) is 0 Å². The van der Waals surface area contributed by atoms with Crippen LogP contribution >= 0.6 is 0 Å². The molecule has 0 radical (unpaired) electrons. The van der Waals surface area contributed by atoms with Crippen LogP contribution in [0.25, 0.3) is 11.0 Å². The predicted octanol–water partition coefficient (Wildman–Crippen LogP) is 4.04. The number of carbonyl (C=O) groups excluding carboxylic acids is 1. The van der Waals surface area contributed by atoms with Crippen LogP contribution in [0, 0.1) is 0 Å². The summed E-state index contributed by atoms with van der Waals surface area (Å²) in [6.07, 6.45) is 3.04. The molecule has 0 saturated carbocycles. The minimum absolute atomic E-state index is 0.0205. The van der Waals surface area contributed by atoms with Crippen LogP contribution < -0.4 is 16.4 Å². The number of nitrogens with zero attached hydrogens (tertiary/aromatic N) is 2. The number of fused-ring (bicyclic) bond motifs is 2. The van der Waals surface area contributed by atoms with Gasteiger partial charge in [-0.2, -0.15) is 0 Å². The monoisotopic (exact) mass is 453 g/mol. The summed E-state index contributed by atoms with van der Waals surface area (Å²) in [5.41, 5.74) is 4.31. The first-order chi connectivity index (χ1) is 16.6. The van der Waals surface area contributed by atoms with Crippen LogP contribution in [0.15, 0.2) is 82.4 Å². The minimum Gasteiger partial charge on any atom is -0.345 e. The zero-order chi connectivity index (χ0) is 23.7. The second-order valence-electron chi connectivity index (χ2n) is 8.74. The molecule has 5 rings (SSSR count). The lowest BCUT2D eigenvalue weighted by atomic mass is 9.87. The zero-order valence-electron chi connectivity index (χ0n) is 19.2. The molecule has 0 spiro atoms. The first kappa shape index (κ1) is 21.9. The fraction of sp³-hybridized carbons (Fsp3) is 0.250. The van der Waals surface area contributed by atoms with Crippen molar-refractivity contribution in [2.24, 2.45) is 0 Å². The fourth-order valence-corrected chi connectivity index (χ4v) is 4.93. The highest BCUT2D eigenvalue weighted by Gasteiger charge is 2.22. The molecule has 0 bridgehead atoms. The van der Waals surface area contributed by atoms with E-state index in [1.165, 1.54) is 20.3 Å². The van der Waals surface area contributed by atoms with E-state index >= 15 is 0 Å². The lowest BCUT2D eigenvalue weighted by Crippen LogP contribution is -2.41. The van der Waals surface area contributed by atoms with Crippen molar-refractivity contribution >= 4 is 16.9 Å². The average molecular weight is 454 g/mol. The van der Waals surface area contributed by atoms with Crippen molar-refractivity contribution in [3.05, 3.63) is 116 Å². The summed E-state index contributed by atoms with van der Waals surface area (Å²) in [6.45, 7) is 2.55. The summed E-state index contributed by atoms with van der Waals surface area (Å²) < 4.78 is 3.02. The SMILES string of the molecule is CCn1c(=O)c(=O)n(Cc2ccc(C(=O)N[C@@H]3CCCc4ccccc43)cc2)c2ccccc21. The van der Waals surface area contributed by atoms with Gasteiger partial charge in [0.05, 0.1) is 23.6 Å². The molecule has 34 heavy (non-hydrogen) atoms. The van der Waals surface area contributed by atoms with Crippen molar-refractivity contribution in [3.63, 3.8) is 0 Å². The minimum atomic E-state index is -0.543. The van der Waals surface area contributed by atoms with Crippen molar-refractivity contribution in [3.8, 4) is 0 Å². The maximum absolute atomic E-state index is 12.9. The molecule has 0 saturated heterocycles. The third kappa shape index (κ3) is 3.96. The van der Waals surface area contributed by atoms with Crippen LogP contribution in [0.5, 0.6) is 0 Å². The van der Waals surface area contributed by atoms with E-state index < -0.39 is 11.1 Å². The number of para-hydroxylation sites is 2. The van der Waals surface area contributed by atoms with Gasteiger partial charge in [0.25, 0.3) is 5.91 Å². The van der Waals surface area contributed by atoms with Crippen LogP contribution in [0.3, 0.4) is 0 Å². The number of nitrogens with one attached hydrogen (secondary N) is 1. The Morgan fingerprint density at radius 3 is 2.26 bits per heavy atom. The number of aromatic nitrogens is 2. The fourth-order valence-electron chi connectivity index (χ4n) is 4.93. The molecule has 1 heterocycles. The van der Waals surface area contributed by atoms with Gasteiger partial charge in [-0.05, 0) is 67.1 Å². The number of carbonyl (C=O) groups is 1. The molecule has 0 unspecified atom stereocenters. The van der Waals surface area contributed by atoms with Crippen molar-refractivity contribution in [1.29, 1.82) is 0 Å². The van der Waals surface area contributed by atoms with Gasteiger partial charge in [-0.1, -0.05) is 48.5 Å². The quantitative estimate of drug-likeness (QED) is 0.464. The van der Waals surface area contributed by atoms with E-state index in [0.717, 1.165) is 30.3 Å². The Balaban J connectivity index is 1.38. The molecule has 6 nitrogen and oxygen atoms in total. The lowest BCUT2D eigenvalue weighted by molar-refractivity contribution is 0.0932. The van der Waals surface area contributed by atoms with Gasteiger partial charge in [-0.15, -0.1) is 0 Å². The maximum atomic E-state index is 12.9. The highest BCUT2D eigenvalue weighted by atomic mass is 16.2. The molecule has 6 heteroatoms. The summed E-state index contributed by atoms with van der Waals surface area (Å²) in [4.78, 5) is 38.4. The third-order valence-corrected chi connectivity index (χ3v) is 6.68. The van der Waals surface area contributed by atoms with Gasteiger partial charge in [0.2, 0.25) is 0 Å². The Hall–Kier alpha value is -3.93. The largest absolute Gasteiger partial charge is 0.345 e. The van der Waals surface area contributed by atoms with E-state index in [9.17, 15) is 14.4 Å². The molecule has 4 aromatic rings. The van der Waals surface area contributed by atoms with Crippen LogP contribution in [-0.4, -0.2) is 15.0 Å². The van der Waals surface area contributed by atoms with Crippen molar-refractivity contribution in [2.75, 3.05) is 0 Å². The van der Waals surface area contributed by atoms with E-state index in [1.807, 2.05) is 55.5 Å². The molecule has 1 amide bonds. The molecule has 0 fully saturated rings. The molecule has 0 aliphatic heterocycles. The Kier molecular flexibility index (Phi) is 5.88. The first-order valence-corrected chi connectivity index (χ1v) is 11.8. The van der Waals surface area contributed by atoms with Crippen LogP contribution in [0.4, 0.5) is 0 Å². The summed E-state index contributed by atoms with van der Waals surface area (Å²) in [5.74, 6) is -0.110. The number of hydrogen-bond acceptors (Lipinski definition) is 3. The van der Waals surface area contributed by atoms with Gasteiger partial charge < -0.3 is 9.88 Å². The average Bonchev–Trinajstić information content (AvgIpc) is 2.87. The van der Waals surface area contributed by atoms with Gasteiger partial charge in [0, 0.05) is 12.1 Å². The van der Waals surface area contributed by atoms with Crippen molar-refractivity contribution < 1.29 is 4.79 Å². The second kappa shape index (κ2) is 9.14. The Labute approximate surface area is 197 Å². The molecule has 1 aliphatic carbocycles. The summed E-state index contributed by atoms with van der Waals surface area (Å²) in [7, 11) is 0. The number of hydrogen-bond donors (Lipinski definition) is 1. The Bertz CT molecular complexity index is 1480. The number of aryl methyl sites for hydroxylation is 2. The highest BCUT2D eigenvalue weighted by Crippen LogP contribution is 2.29. The molecular formula is C28H27N3O3. The first-order valence-electron chi connectivity index (χ1n) is 11.8. The normalized spacial score (nSPS) is 15.1. The van der Waals surface area contributed by atoms with E-state index in [0.29, 0.717) is 17.6 Å². The van der Waals surface area contributed by atoms with Gasteiger partial charge in [-0.3, -0.25) is 19.0 Å².